The van der Waals surface area contributed by atoms with E-state index in [2.05, 4.69) is 15.2 Å². The van der Waals surface area contributed by atoms with Gasteiger partial charge in [0.25, 0.3) is 0 Å². The number of aromatic nitrogens is 3. The molecule has 2 aromatic rings. The van der Waals surface area contributed by atoms with Crippen molar-refractivity contribution in [3.8, 4) is 0 Å². The third-order valence-corrected chi connectivity index (χ3v) is 2.65. The molecule has 0 atom stereocenters. The lowest BCUT2D eigenvalue weighted by atomic mass is 10.1. The number of rotatable bonds is 3. The zero-order valence-corrected chi connectivity index (χ0v) is 9.96. The molecule has 0 radical (unpaired) electrons. The van der Waals surface area contributed by atoms with Crippen LogP contribution in [0.5, 0.6) is 0 Å². The summed E-state index contributed by atoms with van der Waals surface area (Å²) in [5.74, 6) is 0. The van der Waals surface area contributed by atoms with Gasteiger partial charge in [0.2, 0.25) is 0 Å². The van der Waals surface area contributed by atoms with Crippen LogP contribution in [0.1, 0.15) is 11.1 Å². The molecule has 0 aliphatic carbocycles. The number of oxime groups is 1. The van der Waals surface area contributed by atoms with E-state index >= 15 is 0 Å². The van der Waals surface area contributed by atoms with Crippen molar-refractivity contribution in [2.45, 2.75) is 13.5 Å². The summed E-state index contributed by atoms with van der Waals surface area (Å²) in [4.78, 5) is 3.82. The third-order valence-electron chi connectivity index (χ3n) is 2.33. The molecule has 17 heavy (non-hydrogen) atoms. The van der Waals surface area contributed by atoms with Gasteiger partial charge in [-0.2, -0.15) is 5.10 Å². The zero-order chi connectivity index (χ0) is 12.3. The Hall–Kier alpha value is -1.88. The van der Waals surface area contributed by atoms with Gasteiger partial charge in [-0.25, -0.2) is 9.67 Å². The number of hydrogen-bond acceptors (Lipinski definition) is 4. The minimum Gasteiger partial charge on any atom is -0.411 e. The molecule has 0 spiro atoms. The van der Waals surface area contributed by atoms with E-state index in [-0.39, 0.29) is 0 Å². The van der Waals surface area contributed by atoms with Crippen LogP contribution >= 0.6 is 11.6 Å². The highest BCUT2D eigenvalue weighted by atomic mass is 35.5. The molecule has 2 rings (SSSR count). The summed E-state index contributed by atoms with van der Waals surface area (Å²) in [6, 6.07) is 5.56. The first-order valence-corrected chi connectivity index (χ1v) is 5.38. The van der Waals surface area contributed by atoms with E-state index in [1.54, 1.807) is 11.0 Å². The minimum atomic E-state index is 0.319. The fraction of sp³-hybridized carbons (Fsp3) is 0.182. The first-order valence-electron chi connectivity index (χ1n) is 5.00. The van der Waals surface area contributed by atoms with Crippen molar-refractivity contribution in [2.24, 2.45) is 5.16 Å². The van der Waals surface area contributed by atoms with Gasteiger partial charge in [-0.3, -0.25) is 0 Å². The van der Waals surface area contributed by atoms with E-state index in [1.807, 2.05) is 25.1 Å². The van der Waals surface area contributed by atoms with Crippen molar-refractivity contribution in [1.29, 1.82) is 0 Å². The maximum atomic E-state index is 9.04. The molecule has 0 saturated heterocycles. The van der Waals surface area contributed by atoms with E-state index in [9.17, 15) is 0 Å². The molecule has 0 aliphatic rings. The smallest absolute Gasteiger partial charge is 0.137 e. The number of hydrogen-bond donors (Lipinski definition) is 1. The molecule has 0 saturated carbocycles. The van der Waals surface area contributed by atoms with Gasteiger partial charge in [-0.15, -0.1) is 0 Å². The molecule has 1 heterocycles. The van der Waals surface area contributed by atoms with Crippen LogP contribution in [0.15, 0.2) is 36.0 Å². The van der Waals surface area contributed by atoms with Crippen molar-refractivity contribution >= 4 is 17.3 Å². The molecule has 1 aromatic carbocycles. The summed E-state index contributed by atoms with van der Waals surface area (Å²) in [5.41, 5.74) is 2.19. The van der Waals surface area contributed by atoms with Crippen LogP contribution in [0.25, 0.3) is 0 Å². The van der Waals surface area contributed by atoms with Gasteiger partial charge in [0.1, 0.15) is 18.4 Å². The Morgan fingerprint density at radius 3 is 2.94 bits per heavy atom. The van der Waals surface area contributed by atoms with E-state index in [1.165, 1.54) is 6.33 Å². The van der Waals surface area contributed by atoms with Crippen molar-refractivity contribution in [3.05, 3.63) is 47.0 Å². The molecule has 0 aliphatic heterocycles. The molecular weight excluding hydrogens is 240 g/mol. The predicted octanol–water partition coefficient (Wildman–Crippen LogP) is 2.12. The monoisotopic (exact) mass is 250 g/mol. The Bertz CT molecular complexity index is 536. The van der Waals surface area contributed by atoms with E-state index < -0.39 is 0 Å². The lowest BCUT2D eigenvalue weighted by molar-refractivity contribution is 0.317. The second kappa shape index (κ2) is 4.97. The molecule has 1 N–H and O–H groups in total. The Morgan fingerprint density at radius 2 is 2.35 bits per heavy atom. The van der Waals surface area contributed by atoms with Crippen LogP contribution in [-0.4, -0.2) is 25.7 Å². The van der Waals surface area contributed by atoms with Gasteiger partial charge in [0.05, 0.1) is 11.6 Å². The van der Waals surface area contributed by atoms with Gasteiger partial charge in [0.15, 0.2) is 0 Å². The summed E-state index contributed by atoms with van der Waals surface area (Å²) in [6.07, 6.45) is 2.97. The van der Waals surface area contributed by atoms with E-state index in [0.29, 0.717) is 22.8 Å². The van der Waals surface area contributed by atoms with Gasteiger partial charge in [-0.05, 0) is 18.6 Å². The first kappa shape index (κ1) is 11.6. The van der Waals surface area contributed by atoms with Crippen molar-refractivity contribution in [2.75, 3.05) is 0 Å². The molecule has 0 bridgehead atoms. The van der Waals surface area contributed by atoms with Crippen LogP contribution in [0.3, 0.4) is 0 Å². The van der Waals surface area contributed by atoms with Gasteiger partial charge < -0.3 is 5.21 Å². The summed E-state index contributed by atoms with van der Waals surface area (Å²) >= 11 is 6.11. The molecule has 88 valence electrons. The van der Waals surface area contributed by atoms with Crippen LogP contribution in [0, 0.1) is 6.92 Å². The highest BCUT2D eigenvalue weighted by molar-refractivity contribution is 6.34. The predicted molar refractivity (Wildman–Crippen MR) is 64.5 cm³/mol. The maximum absolute atomic E-state index is 9.04. The molecule has 6 heteroatoms. The Kier molecular flexibility index (Phi) is 3.39. The van der Waals surface area contributed by atoms with Crippen molar-refractivity contribution in [1.82, 2.24) is 14.8 Å². The number of benzene rings is 1. The van der Waals surface area contributed by atoms with Crippen LogP contribution in [-0.2, 0) is 6.54 Å². The molecule has 1 aromatic heterocycles. The highest BCUT2D eigenvalue weighted by Gasteiger charge is 2.10. The van der Waals surface area contributed by atoms with E-state index in [0.717, 1.165) is 5.56 Å². The van der Waals surface area contributed by atoms with E-state index in [4.69, 9.17) is 16.8 Å². The molecule has 0 fully saturated rings. The molecule has 0 unspecified atom stereocenters. The SMILES string of the molecule is Cc1ccc(/C(Cn2cncn2)=N/O)c(Cl)c1. The third kappa shape index (κ3) is 2.62. The zero-order valence-electron chi connectivity index (χ0n) is 9.21. The van der Waals surface area contributed by atoms with Crippen molar-refractivity contribution < 1.29 is 5.21 Å². The van der Waals surface area contributed by atoms with Crippen LogP contribution in [0.2, 0.25) is 5.02 Å². The molecular formula is C11H11ClN4O. The lowest BCUT2D eigenvalue weighted by Crippen LogP contribution is -2.12. The van der Waals surface area contributed by atoms with Gasteiger partial charge in [0, 0.05) is 5.56 Å². The number of nitrogens with zero attached hydrogens (tertiary/aromatic N) is 4. The summed E-state index contributed by atoms with van der Waals surface area (Å²) in [5, 5.41) is 16.8. The van der Waals surface area contributed by atoms with Crippen LogP contribution < -0.4 is 0 Å². The molecule has 0 amide bonds. The topological polar surface area (TPSA) is 63.3 Å². The first-order chi connectivity index (χ1) is 8.20. The fourth-order valence-corrected chi connectivity index (χ4v) is 1.84. The molecule has 5 nitrogen and oxygen atoms in total. The summed E-state index contributed by atoms with van der Waals surface area (Å²) < 4.78 is 1.56. The average Bonchev–Trinajstić information content (AvgIpc) is 2.79. The van der Waals surface area contributed by atoms with Gasteiger partial charge >= 0.3 is 0 Å². The quantitative estimate of drug-likeness (QED) is 0.516. The summed E-state index contributed by atoms with van der Waals surface area (Å²) in [7, 11) is 0. The average molecular weight is 251 g/mol. The number of halogens is 1. The Morgan fingerprint density at radius 1 is 1.53 bits per heavy atom. The highest BCUT2D eigenvalue weighted by Crippen LogP contribution is 2.19. The Balaban J connectivity index is 2.30. The van der Waals surface area contributed by atoms with Gasteiger partial charge in [-0.1, -0.05) is 28.9 Å². The Labute approximate surface area is 103 Å². The normalized spacial score (nSPS) is 11.8. The second-order valence-corrected chi connectivity index (χ2v) is 4.03. The van der Waals surface area contributed by atoms with Crippen LogP contribution in [0.4, 0.5) is 0 Å². The lowest BCUT2D eigenvalue weighted by Gasteiger charge is -2.07. The summed E-state index contributed by atoms with van der Waals surface area (Å²) in [6.45, 7) is 2.27. The second-order valence-electron chi connectivity index (χ2n) is 3.62. The maximum Gasteiger partial charge on any atom is 0.137 e. The largest absolute Gasteiger partial charge is 0.411 e. The van der Waals surface area contributed by atoms with Crippen molar-refractivity contribution in [3.63, 3.8) is 0 Å². The number of aryl methyl sites for hydroxylation is 1. The standard InChI is InChI=1S/C11H11ClN4O/c1-8-2-3-9(10(12)4-8)11(15-17)5-16-7-13-6-14-16/h2-4,6-7,17H,5H2,1H3/b15-11+. The minimum absolute atomic E-state index is 0.319. The fourth-order valence-electron chi connectivity index (χ4n) is 1.49.